The highest BCUT2D eigenvalue weighted by atomic mass is 35.5. The Morgan fingerprint density at radius 2 is 1.59 bits per heavy atom. The smallest absolute Gasteiger partial charge is 0.253 e. The van der Waals surface area contributed by atoms with Crippen LogP contribution in [0.2, 0.25) is 5.02 Å². The highest BCUT2D eigenvalue weighted by Gasteiger charge is 2.19. The Bertz CT molecular complexity index is 1240. The fourth-order valence-corrected chi connectivity index (χ4v) is 4.53. The molecule has 3 aromatic rings. The maximum atomic E-state index is 12.7. The van der Waals surface area contributed by atoms with Crippen LogP contribution in [0.15, 0.2) is 72.8 Å². The number of anilines is 2. The molecule has 1 aliphatic carbocycles. The molecule has 7 nitrogen and oxygen atoms in total. The Balaban J connectivity index is 1.29. The number of rotatable bonds is 9. The SMILES string of the molecule is O=C(CNc1cccc(C(=O)NCc2ccccc2)c1)Nc1ccc(Cl)c(C(=O)NC2CCCCC2)c1. The van der Waals surface area contributed by atoms with E-state index in [1.807, 2.05) is 30.3 Å². The molecule has 0 aromatic heterocycles. The van der Waals surface area contributed by atoms with Crippen molar-refractivity contribution in [2.45, 2.75) is 44.7 Å². The summed E-state index contributed by atoms with van der Waals surface area (Å²) in [6, 6.07) is 21.7. The van der Waals surface area contributed by atoms with Crippen LogP contribution in [0.4, 0.5) is 11.4 Å². The molecule has 3 aromatic carbocycles. The van der Waals surface area contributed by atoms with Crippen molar-refractivity contribution < 1.29 is 14.4 Å². The van der Waals surface area contributed by atoms with E-state index in [1.54, 1.807) is 42.5 Å². The zero-order valence-electron chi connectivity index (χ0n) is 20.6. The van der Waals surface area contributed by atoms with Crippen LogP contribution in [-0.4, -0.2) is 30.3 Å². The van der Waals surface area contributed by atoms with Gasteiger partial charge >= 0.3 is 0 Å². The molecule has 0 radical (unpaired) electrons. The highest BCUT2D eigenvalue weighted by Crippen LogP contribution is 2.23. The summed E-state index contributed by atoms with van der Waals surface area (Å²) >= 11 is 6.27. The van der Waals surface area contributed by atoms with Gasteiger partial charge in [-0.1, -0.05) is 67.3 Å². The Kier molecular flexibility index (Phi) is 9.16. The van der Waals surface area contributed by atoms with Gasteiger partial charge < -0.3 is 21.3 Å². The second-order valence-corrected chi connectivity index (χ2v) is 9.56. The van der Waals surface area contributed by atoms with Crippen molar-refractivity contribution in [3.05, 3.63) is 94.5 Å². The van der Waals surface area contributed by atoms with Crippen LogP contribution >= 0.6 is 11.6 Å². The maximum absolute atomic E-state index is 12.7. The maximum Gasteiger partial charge on any atom is 0.253 e. The molecule has 0 spiro atoms. The molecular weight excluding hydrogens is 488 g/mol. The number of amides is 3. The van der Waals surface area contributed by atoms with Gasteiger partial charge in [0.1, 0.15) is 0 Å². The Hall–Kier alpha value is -3.84. The fraction of sp³-hybridized carbons (Fsp3) is 0.276. The first kappa shape index (κ1) is 26.2. The number of benzene rings is 3. The molecule has 4 N–H and O–H groups in total. The van der Waals surface area contributed by atoms with Crippen LogP contribution in [0, 0.1) is 0 Å². The summed E-state index contributed by atoms with van der Waals surface area (Å²) in [7, 11) is 0. The van der Waals surface area contributed by atoms with E-state index in [9.17, 15) is 14.4 Å². The normalized spacial score (nSPS) is 13.4. The van der Waals surface area contributed by atoms with E-state index in [0.29, 0.717) is 34.1 Å². The Labute approximate surface area is 222 Å². The van der Waals surface area contributed by atoms with Crippen LogP contribution in [0.1, 0.15) is 58.4 Å². The molecule has 0 heterocycles. The largest absolute Gasteiger partial charge is 0.376 e. The first-order valence-electron chi connectivity index (χ1n) is 12.5. The third-order valence-corrected chi connectivity index (χ3v) is 6.64. The first-order valence-corrected chi connectivity index (χ1v) is 12.9. The van der Waals surface area contributed by atoms with E-state index in [4.69, 9.17) is 11.6 Å². The molecule has 3 amide bonds. The number of halogens is 1. The average Bonchev–Trinajstić information content (AvgIpc) is 2.93. The summed E-state index contributed by atoms with van der Waals surface area (Å²) in [6.45, 7) is 0.419. The number of carbonyl (C=O) groups is 3. The van der Waals surface area contributed by atoms with Gasteiger partial charge in [-0.3, -0.25) is 14.4 Å². The van der Waals surface area contributed by atoms with E-state index in [0.717, 1.165) is 31.2 Å². The molecule has 0 bridgehead atoms. The summed E-state index contributed by atoms with van der Waals surface area (Å²) in [4.78, 5) is 37.8. The predicted octanol–water partition coefficient (Wildman–Crippen LogP) is 5.38. The molecule has 0 saturated heterocycles. The standard InChI is InChI=1S/C29H31ClN4O3/c30-26-15-14-24(17-25(26)29(37)34-22-11-5-2-6-12-22)33-27(35)19-31-23-13-7-10-21(16-23)28(36)32-18-20-8-3-1-4-9-20/h1,3-4,7-10,13-17,22,31H,2,5-6,11-12,18-19H2,(H,32,36)(H,33,35)(H,34,37). The van der Waals surface area contributed by atoms with Gasteiger partial charge in [0.05, 0.1) is 17.1 Å². The highest BCUT2D eigenvalue weighted by molar-refractivity contribution is 6.34. The molecule has 37 heavy (non-hydrogen) atoms. The number of carbonyl (C=O) groups excluding carboxylic acids is 3. The van der Waals surface area contributed by atoms with Gasteiger partial charge in [0, 0.05) is 29.5 Å². The van der Waals surface area contributed by atoms with Crippen LogP contribution in [0.5, 0.6) is 0 Å². The minimum atomic E-state index is -0.292. The van der Waals surface area contributed by atoms with Gasteiger partial charge in [0.25, 0.3) is 11.8 Å². The van der Waals surface area contributed by atoms with Gasteiger partial charge in [-0.25, -0.2) is 0 Å². The number of hydrogen-bond acceptors (Lipinski definition) is 4. The molecule has 1 aliphatic rings. The lowest BCUT2D eigenvalue weighted by atomic mass is 9.95. The van der Waals surface area contributed by atoms with Crippen LogP contribution < -0.4 is 21.3 Å². The molecule has 0 atom stereocenters. The third-order valence-electron chi connectivity index (χ3n) is 6.31. The first-order chi connectivity index (χ1) is 18.0. The van der Waals surface area contributed by atoms with E-state index < -0.39 is 0 Å². The number of nitrogens with one attached hydrogen (secondary N) is 4. The van der Waals surface area contributed by atoms with Gasteiger partial charge in [0.2, 0.25) is 5.91 Å². The summed E-state index contributed by atoms with van der Waals surface area (Å²) in [5.41, 5.74) is 2.98. The summed E-state index contributed by atoms with van der Waals surface area (Å²) in [5.74, 6) is -0.717. The van der Waals surface area contributed by atoms with Crippen molar-refractivity contribution in [2.24, 2.45) is 0 Å². The van der Waals surface area contributed by atoms with Gasteiger partial charge in [-0.2, -0.15) is 0 Å². The lowest BCUT2D eigenvalue weighted by Gasteiger charge is -2.23. The molecular formula is C29H31ClN4O3. The predicted molar refractivity (Wildman–Crippen MR) is 147 cm³/mol. The summed E-state index contributed by atoms with van der Waals surface area (Å²) in [6.07, 6.45) is 5.38. The molecule has 0 aliphatic heterocycles. The topological polar surface area (TPSA) is 99.3 Å². The van der Waals surface area contributed by atoms with E-state index in [1.165, 1.54) is 6.42 Å². The lowest BCUT2D eigenvalue weighted by Crippen LogP contribution is -2.36. The molecule has 8 heteroatoms. The zero-order valence-corrected chi connectivity index (χ0v) is 21.3. The van der Waals surface area contributed by atoms with Crippen LogP contribution in [-0.2, 0) is 11.3 Å². The third kappa shape index (κ3) is 7.82. The van der Waals surface area contributed by atoms with E-state index >= 15 is 0 Å². The molecule has 0 unspecified atom stereocenters. The number of hydrogen-bond donors (Lipinski definition) is 4. The van der Waals surface area contributed by atoms with Crippen molar-refractivity contribution in [1.29, 1.82) is 0 Å². The van der Waals surface area contributed by atoms with Crippen LogP contribution in [0.25, 0.3) is 0 Å². The van der Waals surface area contributed by atoms with Crippen molar-refractivity contribution >= 4 is 40.7 Å². The minimum Gasteiger partial charge on any atom is -0.376 e. The molecule has 192 valence electrons. The monoisotopic (exact) mass is 518 g/mol. The van der Waals surface area contributed by atoms with Crippen molar-refractivity contribution in [1.82, 2.24) is 10.6 Å². The molecule has 1 saturated carbocycles. The van der Waals surface area contributed by atoms with Crippen molar-refractivity contribution in [3.8, 4) is 0 Å². The van der Waals surface area contributed by atoms with E-state index in [2.05, 4.69) is 21.3 Å². The quantitative estimate of drug-likeness (QED) is 0.305. The molecule has 4 rings (SSSR count). The van der Waals surface area contributed by atoms with Crippen molar-refractivity contribution in [2.75, 3.05) is 17.2 Å². The van der Waals surface area contributed by atoms with Gasteiger partial charge in [-0.05, 0) is 54.8 Å². The second kappa shape index (κ2) is 12.9. The fourth-order valence-electron chi connectivity index (χ4n) is 4.33. The Morgan fingerprint density at radius 1 is 0.811 bits per heavy atom. The summed E-state index contributed by atoms with van der Waals surface area (Å²) in [5, 5.41) is 12.1. The van der Waals surface area contributed by atoms with Crippen molar-refractivity contribution in [3.63, 3.8) is 0 Å². The molecule has 1 fully saturated rings. The van der Waals surface area contributed by atoms with Crippen LogP contribution in [0.3, 0.4) is 0 Å². The summed E-state index contributed by atoms with van der Waals surface area (Å²) < 4.78 is 0. The zero-order chi connectivity index (χ0) is 26.0. The lowest BCUT2D eigenvalue weighted by molar-refractivity contribution is -0.114. The Morgan fingerprint density at radius 3 is 2.38 bits per heavy atom. The average molecular weight is 519 g/mol. The van der Waals surface area contributed by atoms with E-state index in [-0.39, 0.29) is 30.3 Å². The second-order valence-electron chi connectivity index (χ2n) is 9.15. The van der Waals surface area contributed by atoms with Gasteiger partial charge in [0.15, 0.2) is 0 Å². The van der Waals surface area contributed by atoms with Gasteiger partial charge in [-0.15, -0.1) is 0 Å². The minimum absolute atomic E-state index is 0.0126.